The third-order valence-electron chi connectivity index (χ3n) is 35.8. The van der Waals surface area contributed by atoms with Crippen LogP contribution >= 0.6 is 0 Å². The first-order chi connectivity index (χ1) is 56.4. The minimum absolute atomic E-state index is 0.00857. The van der Waals surface area contributed by atoms with Gasteiger partial charge in [0.1, 0.15) is 46.8 Å². The molecule has 22 nitrogen and oxygen atoms in total. The third-order valence-corrected chi connectivity index (χ3v) is 35.8. The van der Waals surface area contributed by atoms with Crippen LogP contribution in [-0.4, -0.2) is 148 Å². The molecule has 0 radical (unpaired) electrons. The number of carbonyl (C=O) groups is 9. The van der Waals surface area contributed by atoms with Gasteiger partial charge < -0.3 is 63.4 Å². The zero-order chi connectivity index (χ0) is 90.0. The highest BCUT2D eigenvalue weighted by atomic mass is 16.6. The van der Waals surface area contributed by atoms with Crippen molar-refractivity contribution in [3.8, 4) is 0 Å². The lowest BCUT2D eigenvalue weighted by Crippen LogP contribution is -2.67. The first kappa shape index (κ1) is 96.2. The Morgan fingerprint density at radius 1 is 0.393 bits per heavy atom. The molecule has 20 aliphatic carbocycles. The second-order valence-corrected chi connectivity index (χ2v) is 47.8. The minimum atomic E-state index is -0.842. The Hall–Kier alpha value is -4.93. The van der Waals surface area contributed by atoms with E-state index in [9.17, 15) is 63.6 Å². The quantitative estimate of drug-likeness (QED) is 0.0526. The number of fused-ring (bicyclic) bond motifs is 2. The zero-order valence-corrected chi connectivity index (χ0v) is 78.8. The number of esters is 8. The van der Waals surface area contributed by atoms with Crippen molar-refractivity contribution in [2.45, 2.75) is 440 Å². The second-order valence-electron chi connectivity index (χ2n) is 47.8. The lowest BCUT2D eigenvalue weighted by Gasteiger charge is -2.62. The smallest absolute Gasteiger partial charge is 0.312 e. The van der Waals surface area contributed by atoms with Crippen LogP contribution in [0.15, 0.2) is 0 Å². The summed E-state index contributed by atoms with van der Waals surface area (Å²) >= 11 is 0. The summed E-state index contributed by atoms with van der Waals surface area (Å²) in [5.41, 5.74) is -7.14. The fourth-order valence-electron chi connectivity index (χ4n) is 27.0. The van der Waals surface area contributed by atoms with Gasteiger partial charge in [0.05, 0.1) is 73.2 Å². The molecule has 0 aromatic rings. The molecule has 20 saturated carbocycles. The van der Waals surface area contributed by atoms with E-state index >= 15 is 0 Å². The van der Waals surface area contributed by atoms with E-state index < -0.39 is 55.8 Å². The predicted octanol–water partition coefficient (Wildman–Crippen LogP) is 18.0. The van der Waals surface area contributed by atoms with Gasteiger partial charge in [-0.05, 0) is 323 Å². The van der Waals surface area contributed by atoms with Crippen molar-refractivity contribution in [2.24, 2.45) is 133 Å². The third kappa shape index (κ3) is 19.4. The number of aliphatic carboxylic acids is 1. The number of carboxylic acid groups (broad SMARTS) is 1. The van der Waals surface area contributed by atoms with E-state index in [4.69, 9.17) is 43.0 Å². The predicted molar refractivity (Wildman–Crippen MR) is 458 cm³/mol. The Morgan fingerprint density at radius 2 is 0.705 bits per heavy atom. The number of rotatable bonds is 21. The molecule has 0 aromatic heterocycles. The lowest BCUT2D eigenvalue weighted by molar-refractivity contribution is -0.265. The molecule has 2 aliphatic heterocycles. The fraction of sp³-hybridized carbons (Fsp3) is 0.910. The standard InChI is InChI=1S/C19H32O2.C17H28O2.2C16H26O4.2C13H18O4.C6H12O2/c1-6-17(2,3)16(20)21-18(4,5)19-10-13-7-14(11-19)9-15(8-13)12-19;1-5-16(2,3)15(18)19-17(4)13-7-11-6-12(9-13)10-14(17)8-11;2*1-4-13(2,3)12(17)20-16-7-11-5-14(18,9-16)8-15(19,6-11)10-16;2*1-3-6(2)12(14)16-10-7-4-8-9(5-7)13(15)17-11(8)10;1-4-6(2,3)5(7)8/h13-15H,6-12H2,1-5H3;11-14H,5-10H2,1-4H3;2*11,18-19H,4-10H2,1-3H3;2*6-11H,3-5H2,1-2H3;4H2,1-3H3,(H,7,8). The summed E-state index contributed by atoms with van der Waals surface area (Å²) < 4.78 is 45.8. The summed E-state index contributed by atoms with van der Waals surface area (Å²) in [6.07, 6.45) is 30.6. The van der Waals surface area contributed by atoms with Crippen molar-refractivity contribution in [1.82, 2.24) is 0 Å². The van der Waals surface area contributed by atoms with Crippen LogP contribution in [0.2, 0.25) is 0 Å². The zero-order valence-electron chi connectivity index (χ0n) is 78.8. The van der Waals surface area contributed by atoms with Crippen molar-refractivity contribution >= 4 is 53.7 Å². The van der Waals surface area contributed by atoms with Crippen LogP contribution in [0.1, 0.15) is 371 Å². The van der Waals surface area contributed by atoms with E-state index in [0.717, 1.165) is 132 Å². The summed E-state index contributed by atoms with van der Waals surface area (Å²) in [4.78, 5) is 107. The Morgan fingerprint density at radius 3 is 1.00 bits per heavy atom. The fourth-order valence-corrected chi connectivity index (χ4v) is 27.0. The van der Waals surface area contributed by atoms with Gasteiger partial charge in [0.15, 0.2) is 0 Å². The Labute approximate surface area is 729 Å². The molecule has 22 fully saturated rings. The molecule has 0 amide bonds. The van der Waals surface area contributed by atoms with Gasteiger partial charge in [0.2, 0.25) is 0 Å². The second kappa shape index (κ2) is 34.5. The highest BCUT2D eigenvalue weighted by molar-refractivity contribution is 5.80. The van der Waals surface area contributed by atoms with E-state index in [-0.39, 0.29) is 135 Å². The van der Waals surface area contributed by atoms with Gasteiger partial charge in [0.25, 0.3) is 0 Å². The average molecular weight is 1710 g/mol. The van der Waals surface area contributed by atoms with Gasteiger partial charge in [-0.1, -0.05) is 62.3 Å². The molecule has 16 atom stereocenters. The van der Waals surface area contributed by atoms with E-state index in [1.807, 2.05) is 104 Å². The largest absolute Gasteiger partial charge is 0.481 e. The molecule has 0 aromatic carbocycles. The molecule has 5 N–H and O–H groups in total. The van der Waals surface area contributed by atoms with Crippen LogP contribution < -0.4 is 0 Å². The molecule has 22 heteroatoms. The topological polar surface area (TPSA) is 329 Å². The Balaban J connectivity index is 0.000000132. The summed E-state index contributed by atoms with van der Waals surface area (Å²) in [5, 5.41) is 51.1. The summed E-state index contributed by atoms with van der Waals surface area (Å²) in [7, 11) is 0. The average Bonchev–Trinajstić information content (AvgIpc) is 1.05. The molecule has 22 aliphatic rings. The van der Waals surface area contributed by atoms with E-state index in [1.54, 1.807) is 13.8 Å². The number of hydrogen-bond donors (Lipinski definition) is 5. The summed E-state index contributed by atoms with van der Waals surface area (Å²) in [6, 6.07) is 0. The molecule has 0 spiro atoms. The normalized spacial score (nSPS) is 41.7. The number of carboxylic acids is 1. The molecule has 2 heterocycles. The van der Waals surface area contributed by atoms with Gasteiger partial charge in [-0.25, -0.2) is 0 Å². The molecule has 122 heavy (non-hydrogen) atoms. The molecule has 20 bridgehead atoms. The molecular weight excluding hydrogens is 1550 g/mol. The van der Waals surface area contributed by atoms with Crippen molar-refractivity contribution < 1.29 is 107 Å². The van der Waals surface area contributed by atoms with Crippen molar-refractivity contribution in [3.05, 3.63) is 0 Å². The van der Waals surface area contributed by atoms with Crippen LogP contribution in [0.4, 0.5) is 0 Å². The highest BCUT2D eigenvalue weighted by Gasteiger charge is 2.69. The van der Waals surface area contributed by atoms with Crippen LogP contribution in [0.25, 0.3) is 0 Å². The maximum Gasteiger partial charge on any atom is 0.312 e. The number of carbonyl (C=O) groups excluding carboxylic acids is 8. The monoisotopic (exact) mass is 1710 g/mol. The molecule has 692 valence electrons. The Bertz CT molecular complexity index is 3610. The maximum absolute atomic E-state index is 12.6. The van der Waals surface area contributed by atoms with Crippen LogP contribution in [-0.2, 0) is 81.0 Å². The van der Waals surface area contributed by atoms with Crippen LogP contribution in [0.3, 0.4) is 0 Å². The van der Waals surface area contributed by atoms with Crippen molar-refractivity contribution in [3.63, 3.8) is 0 Å². The van der Waals surface area contributed by atoms with Crippen molar-refractivity contribution in [2.75, 3.05) is 0 Å². The highest BCUT2D eigenvalue weighted by Crippen LogP contribution is 2.67. The number of aliphatic hydroxyl groups is 4. The molecule has 22 rings (SSSR count). The van der Waals surface area contributed by atoms with Crippen molar-refractivity contribution in [1.29, 1.82) is 0 Å². The number of hydrogen-bond acceptors (Lipinski definition) is 21. The SMILES string of the molecule is CCC(C)(C)C(=O)O.CCC(C)(C)C(=O)OC(C)(C)C12CC3CC(CC(C3)C1)C2.CCC(C)(C)C(=O)OC1(C)C2CC3CC(C2)CC1C3.CCC(C)(C)C(=O)OC12CC3CC(O)(CC(O)(C3)C1)C2.CCC(C)(C)C(=O)OC12CC3CC(O)(CC(O)(C3)C1)C2.CCC(C)C(=O)OC1C2CC3C(=O)OC1C3C2.CCC(C)C(=O)OC1C2CC3C(=O)OC1C3C2. The van der Waals surface area contributed by atoms with Crippen LogP contribution in [0.5, 0.6) is 0 Å². The molecular formula is C100H160O22. The van der Waals surface area contributed by atoms with Gasteiger partial charge in [0, 0.05) is 67.6 Å². The van der Waals surface area contributed by atoms with Gasteiger partial charge in [-0.2, -0.15) is 0 Å². The summed E-state index contributed by atoms with van der Waals surface area (Å²) in [5.74, 6) is 6.11. The summed E-state index contributed by atoms with van der Waals surface area (Å²) in [6.45, 7) is 43.3. The Kier molecular flexibility index (Phi) is 27.2. The molecule has 16 unspecified atom stereocenters. The first-order valence-corrected chi connectivity index (χ1v) is 48.3. The van der Waals surface area contributed by atoms with Crippen LogP contribution in [0, 0.1) is 133 Å². The van der Waals surface area contributed by atoms with E-state index in [0.29, 0.717) is 80.5 Å². The van der Waals surface area contributed by atoms with Gasteiger partial charge >= 0.3 is 53.7 Å². The first-order valence-electron chi connectivity index (χ1n) is 48.3. The van der Waals surface area contributed by atoms with E-state index in [2.05, 4.69) is 34.6 Å². The maximum atomic E-state index is 12.6. The number of ether oxygens (including phenoxy) is 8. The van der Waals surface area contributed by atoms with Gasteiger partial charge in [-0.3, -0.25) is 43.2 Å². The van der Waals surface area contributed by atoms with E-state index in [1.165, 1.54) is 70.6 Å². The minimum Gasteiger partial charge on any atom is -0.481 e. The lowest BCUT2D eigenvalue weighted by atomic mass is 9.46. The van der Waals surface area contributed by atoms with Gasteiger partial charge in [-0.15, -0.1) is 0 Å². The molecule has 2 saturated heterocycles.